The maximum absolute atomic E-state index is 13.4. The lowest BCUT2D eigenvalue weighted by atomic mass is 10.1. The van der Waals surface area contributed by atoms with E-state index < -0.39 is 17.5 Å². The van der Waals surface area contributed by atoms with E-state index in [9.17, 15) is 14.0 Å². The third kappa shape index (κ3) is 3.55. The highest BCUT2D eigenvalue weighted by Gasteiger charge is 2.11. The third-order valence-corrected chi connectivity index (χ3v) is 2.87. The van der Waals surface area contributed by atoms with E-state index in [0.29, 0.717) is 11.3 Å². The Morgan fingerprint density at radius 2 is 2.00 bits per heavy atom. The van der Waals surface area contributed by atoms with E-state index in [4.69, 9.17) is 0 Å². The molecule has 22 heavy (non-hydrogen) atoms. The summed E-state index contributed by atoms with van der Waals surface area (Å²) in [5.41, 5.74) is 1.17. The van der Waals surface area contributed by atoms with E-state index >= 15 is 0 Å². The van der Waals surface area contributed by atoms with E-state index in [1.165, 1.54) is 25.3 Å². The number of carbonyl (C=O) groups excluding carboxylic acids is 2. The highest BCUT2D eigenvalue weighted by molar-refractivity contribution is 6.04. The SMILES string of the molecule is CC#Cc1ccc(C(=O)Nc2ccc(F)c(C(C)=O)c2)nc1. The number of hydrogen-bond acceptors (Lipinski definition) is 3. The zero-order valence-electron chi connectivity index (χ0n) is 12.1. The van der Waals surface area contributed by atoms with Gasteiger partial charge in [-0.3, -0.25) is 9.59 Å². The van der Waals surface area contributed by atoms with E-state index in [1.54, 1.807) is 19.1 Å². The number of pyridine rings is 1. The monoisotopic (exact) mass is 296 g/mol. The van der Waals surface area contributed by atoms with Crippen molar-refractivity contribution in [1.82, 2.24) is 4.98 Å². The van der Waals surface area contributed by atoms with E-state index in [0.717, 1.165) is 6.07 Å². The molecule has 0 spiro atoms. The first-order chi connectivity index (χ1) is 10.5. The van der Waals surface area contributed by atoms with Gasteiger partial charge in [-0.25, -0.2) is 9.37 Å². The molecule has 2 aromatic rings. The van der Waals surface area contributed by atoms with E-state index in [-0.39, 0.29) is 11.3 Å². The Kier molecular flexibility index (Phi) is 4.64. The van der Waals surface area contributed by atoms with Crippen molar-refractivity contribution in [2.75, 3.05) is 5.32 Å². The number of aromatic nitrogens is 1. The number of carbonyl (C=O) groups is 2. The van der Waals surface area contributed by atoms with Crippen LogP contribution >= 0.6 is 0 Å². The Morgan fingerprint density at radius 1 is 1.23 bits per heavy atom. The molecule has 5 heteroatoms. The van der Waals surface area contributed by atoms with Gasteiger partial charge in [0.1, 0.15) is 11.5 Å². The molecule has 0 aliphatic rings. The summed E-state index contributed by atoms with van der Waals surface area (Å²) in [5.74, 6) is 4.09. The molecule has 0 radical (unpaired) electrons. The second-order valence-corrected chi connectivity index (χ2v) is 4.51. The van der Waals surface area contributed by atoms with Crippen molar-refractivity contribution < 1.29 is 14.0 Å². The van der Waals surface area contributed by atoms with Crippen LogP contribution in [0.3, 0.4) is 0 Å². The highest BCUT2D eigenvalue weighted by Crippen LogP contribution is 2.16. The number of nitrogens with zero attached hydrogens (tertiary/aromatic N) is 1. The van der Waals surface area contributed by atoms with Crippen molar-refractivity contribution in [2.45, 2.75) is 13.8 Å². The fraction of sp³-hybridized carbons (Fsp3) is 0.118. The number of rotatable bonds is 3. The maximum Gasteiger partial charge on any atom is 0.274 e. The third-order valence-electron chi connectivity index (χ3n) is 2.87. The number of nitrogens with one attached hydrogen (secondary N) is 1. The lowest BCUT2D eigenvalue weighted by Gasteiger charge is -2.07. The fourth-order valence-corrected chi connectivity index (χ4v) is 1.81. The summed E-state index contributed by atoms with van der Waals surface area (Å²) in [6, 6.07) is 7.05. The zero-order chi connectivity index (χ0) is 16.1. The molecular formula is C17H13FN2O2. The average molecular weight is 296 g/mol. The fourth-order valence-electron chi connectivity index (χ4n) is 1.81. The van der Waals surface area contributed by atoms with Gasteiger partial charge < -0.3 is 5.32 Å². The van der Waals surface area contributed by atoms with Crippen molar-refractivity contribution >= 4 is 17.4 Å². The predicted molar refractivity (Wildman–Crippen MR) is 81.1 cm³/mol. The Hall–Kier alpha value is -3.00. The second kappa shape index (κ2) is 6.64. The Balaban J connectivity index is 2.19. The maximum atomic E-state index is 13.4. The molecule has 0 unspecified atom stereocenters. The molecule has 2 rings (SSSR count). The van der Waals surface area contributed by atoms with Gasteiger partial charge in [0.25, 0.3) is 5.91 Å². The number of Topliss-reactive ketones (excluding diaryl/α,β-unsaturated/α-hetero) is 1. The first kappa shape index (κ1) is 15.4. The largest absolute Gasteiger partial charge is 0.321 e. The summed E-state index contributed by atoms with van der Waals surface area (Å²) in [6.45, 7) is 2.97. The van der Waals surface area contributed by atoms with Crippen LogP contribution in [0.25, 0.3) is 0 Å². The van der Waals surface area contributed by atoms with Crippen molar-refractivity contribution in [2.24, 2.45) is 0 Å². The molecule has 0 saturated carbocycles. The van der Waals surface area contributed by atoms with Crippen molar-refractivity contribution in [1.29, 1.82) is 0 Å². The van der Waals surface area contributed by atoms with E-state index in [2.05, 4.69) is 22.1 Å². The number of halogens is 1. The molecule has 1 aromatic heterocycles. The molecular weight excluding hydrogens is 283 g/mol. The van der Waals surface area contributed by atoms with Gasteiger partial charge >= 0.3 is 0 Å². The van der Waals surface area contributed by atoms with Crippen LogP contribution in [0.2, 0.25) is 0 Å². The molecule has 1 N–H and O–H groups in total. The molecule has 0 fully saturated rings. The van der Waals surface area contributed by atoms with Crippen LogP contribution < -0.4 is 5.32 Å². The van der Waals surface area contributed by atoms with Crippen molar-refractivity contribution in [3.8, 4) is 11.8 Å². The molecule has 4 nitrogen and oxygen atoms in total. The standard InChI is InChI=1S/C17H13FN2O2/c1-3-4-12-5-8-16(19-10-12)17(22)20-13-6-7-15(18)14(9-13)11(2)21/h5-10H,1-2H3,(H,20,22). The van der Waals surface area contributed by atoms with Crippen molar-refractivity contribution in [3.05, 3.63) is 59.2 Å². The Bertz CT molecular complexity index is 787. The van der Waals surface area contributed by atoms with Gasteiger partial charge in [0.15, 0.2) is 5.78 Å². The van der Waals surface area contributed by atoms with Crippen LogP contribution in [0.1, 0.15) is 40.3 Å². The van der Waals surface area contributed by atoms with Gasteiger partial charge in [-0.2, -0.15) is 0 Å². The first-order valence-corrected chi connectivity index (χ1v) is 6.52. The minimum atomic E-state index is -0.619. The number of anilines is 1. The summed E-state index contributed by atoms with van der Waals surface area (Å²) in [7, 11) is 0. The molecule has 0 bridgehead atoms. The van der Waals surface area contributed by atoms with Crippen LogP contribution in [0.5, 0.6) is 0 Å². The molecule has 0 aliphatic carbocycles. The van der Waals surface area contributed by atoms with Gasteiger partial charge in [0, 0.05) is 17.4 Å². The zero-order valence-corrected chi connectivity index (χ0v) is 12.1. The summed E-state index contributed by atoms with van der Waals surface area (Å²) in [5, 5.41) is 2.58. The molecule has 1 amide bonds. The average Bonchev–Trinajstić information content (AvgIpc) is 2.50. The van der Waals surface area contributed by atoms with Gasteiger partial charge in [0.05, 0.1) is 5.56 Å². The molecule has 0 saturated heterocycles. The minimum absolute atomic E-state index is 0.0701. The number of amides is 1. The summed E-state index contributed by atoms with van der Waals surface area (Å²) in [6.07, 6.45) is 1.50. The van der Waals surface area contributed by atoms with Crippen molar-refractivity contribution in [3.63, 3.8) is 0 Å². The second-order valence-electron chi connectivity index (χ2n) is 4.51. The molecule has 0 atom stereocenters. The van der Waals surface area contributed by atoms with Crippen LogP contribution in [-0.4, -0.2) is 16.7 Å². The Morgan fingerprint density at radius 3 is 2.59 bits per heavy atom. The summed E-state index contributed by atoms with van der Waals surface area (Å²) in [4.78, 5) is 27.4. The Labute approximate surface area is 127 Å². The van der Waals surface area contributed by atoms with Gasteiger partial charge in [-0.15, -0.1) is 5.92 Å². The minimum Gasteiger partial charge on any atom is -0.321 e. The smallest absolute Gasteiger partial charge is 0.274 e. The van der Waals surface area contributed by atoms with E-state index in [1.807, 2.05) is 0 Å². The topological polar surface area (TPSA) is 59.1 Å². The molecule has 0 aliphatic heterocycles. The van der Waals surface area contributed by atoms with Crippen LogP contribution in [0.15, 0.2) is 36.5 Å². The lowest BCUT2D eigenvalue weighted by molar-refractivity contribution is 0.100. The normalized spacial score (nSPS) is 9.59. The number of hydrogen-bond donors (Lipinski definition) is 1. The van der Waals surface area contributed by atoms with Crippen LogP contribution in [0, 0.1) is 17.7 Å². The summed E-state index contributed by atoms with van der Waals surface area (Å²) >= 11 is 0. The number of benzene rings is 1. The van der Waals surface area contributed by atoms with Gasteiger partial charge in [0.2, 0.25) is 0 Å². The number of ketones is 1. The first-order valence-electron chi connectivity index (χ1n) is 6.52. The van der Waals surface area contributed by atoms with Gasteiger partial charge in [-0.1, -0.05) is 5.92 Å². The summed E-state index contributed by atoms with van der Waals surface area (Å²) < 4.78 is 13.4. The lowest BCUT2D eigenvalue weighted by Crippen LogP contribution is -2.14. The predicted octanol–water partition coefficient (Wildman–Crippen LogP) is 3.05. The molecule has 110 valence electrons. The van der Waals surface area contributed by atoms with Crippen LogP contribution in [-0.2, 0) is 0 Å². The molecule has 1 aromatic carbocycles. The van der Waals surface area contributed by atoms with Crippen LogP contribution in [0.4, 0.5) is 10.1 Å². The molecule has 1 heterocycles. The quantitative estimate of drug-likeness (QED) is 0.699. The highest BCUT2D eigenvalue weighted by atomic mass is 19.1. The van der Waals surface area contributed by atoms with Gasteiger partial charge in [-0.05, 0) is 44.2 Å².